The highest BCUT2D eigenvalue weighted by Gasteiger charge is 2.28. The summed E-state index contributed by atoms with van der Waals surface area (Å²) in [5.41, 5.74) is 1.69. The average Bonchev–Trinajstić information content (AvgIpc) is 3.12. The molecule has 31 heavy (non-hydrogen) atoms. The fourth-order valence-corrected chi connectivity index (χ4v) is 3.19. The number of ether oxygens (including phenoxy) is 4. The van der Waals surface area contributed by atoms with E-state index in [0.717, 1.165) is 0 Å². The average molecular weight is 416 g/mol. The van der Waals surface area contributed by atoms with Crippen molar-refractivity contribution >= 4 is 17.6 Å². The molecular weight excluding hydrogens is 396 g/mol. The van der Waals surface area contributed by atoms with Crippen LogP contribution in [0.4, 0.5) is 0 Å². The van der Waals surface area contributed by atoms with Gasteiger partial charge >= 0.3 is 0 Å². The Labute approximate surface area is 179 Å². The van der Waals surface area contributed by atoms with Gasteiger partial charge in [0.25, 0.3) is 0 Å². The molecule has 3 aromatic carbocycles. The van der Waals surface area contributed by atoms with Gasteiger partial charge in [0.05, 0.1) is 19.8 Å². The molecule has 6 heteroatoms. The molecule has 0 saturated carbocycles. The fourth-order valence-electron chi connectivity index (χ4n) is 3.19. The number of ketones is 2. The van der Waals surface area contributed by atoms with Gasteiger partial charge in [0.15, 0.2) is 18.1 Å². The normalized spacial score (nSPS) is 13.5. The minimum Gasteiger partial charge on any atom is -0.497 e. The summed E-state index contributed by atoms with van der Waals surface area (Å²) in [5, 5.41) is 0. The molecule has 0 atom stereocenters. The van der Waals surface area contributed by atoms with E-state index in [1.165, 1.54) is 0 Å². The molecule has 156 valence electrons. The van der Waals surface area contributed by atoms with Crippen molar-refractivity contribution in [1.82, 2.24) is 0 Å². The molecule has 0 radical (unpaired) electrons. The van der Waals surface area contributed by atoms with Gasteiger partial charge in [-0.2, -0.15) is 0 Å². The number of carbonyl (C=O) groups is 2. The minimum atomic E-state index is -0.236. The third kappa shape index (κ3) is 4.28. The lowest BCUT2D eigenvalue weighted by Gasteiger charge is -2.08. The number of methoxy groups -OCH3 is 2. The van der Waals surface area contributed by atoms with Crippen molar-refractivity contribution in [3.63, 3.8) is 0 Å². The van der Waals surface area contributed by atoms with Crippen molar-refractivity contribution in [3.8, 4) is 23.0 Å². The Kier molecular flexibility index (Phi) is 5.71. The molecule has 0 N–H and O–H groups in total. The molecule has 4 rings (SSSR count). The molecule has 0 aliphatic carbocycles. The first-order valence-corrected chi connectivity index (χ1v) is 9.60. The summed E-state index contributed by atoms with van der Waals surface area (Å²) in [5.74, 6) is 1.84. The van der Waals surface area contributed by atoms with Gasteiger partial charge in [0, 0.05) is 23.3 Å². The molecule has 0 spiro atoms. The molecule has 6 nitrogen and oxygen atoms in total. The summed E-state index contributed by atoms with van der Waals surface area (Å²) in [7, 11) is 3.11. The van der Waals surface area contributed by atoms with Gasteiger partial charge in [-0.25, -0.2) is 0 Å². The molecule has 0 saturated heterocycles. The predicted octanol–water partition coefficient (Wildman–Crippen LogP) is 4.58. The van der Waals surface area contributed by atoms with E-state index >= 15 is 0 Å². The monoisotopic (exact) mass is 416 g/mol. The second-order valence-electron chi connectivity index (χ2n) is 6.78. The highest BCUT2D eigenvalue weighted by molar-refractivity contribution is 6.14. The first-order valence-electron chi connectivity index (χ1n) is 9.60. The lowest BCUT2D eigenvalue weighted by atomic mass is 10.1. The summed E-state index contributed by atoms with van der Waals surface area (Å²) >= 11 is 0. The van der Waals surface area contributed by atoms with Crippen LogP contribution in [0.5, 0.6) is 23.0 Å². The van der Waals surface area contributed by atoms with Gasteiger partial charge in [0.2, 0.25) is 5.78 Å². The Morgan fingerprint density at radius 1 is 0.935 bits per heavy atom. The summed E-state index contributed by atoms with van der Waals surface area (Å²) < 4.78 is 22.0. The van der Waals surface area contributed by atoms with Gasteiger partial charge in [-0.05, 0) is 30.3 Å². The van der Waals surface area contributed by atoms with Crippen molar-refractivity contribution in [2.75, 3.05) is 20.8 Å². The Morgan fingerprint density at radius 2 is 1.71 bits per heavy atom. The SMILES string of the molecule is COc1ccc(/C=C2\Oc3cc(OCC(=O)c4ccccc4)ccc3C2=O)c(OC)c1. The van der Waals surface area contributed by atoms with Crippen LogP contribution < -0.4 is 18.9 Å². The van der Waals surface area contributed by atoms with Crippen LogP contribution in [0.15, 0.2) is 72.5 Å². The van der Waals surface area contributed by atoms with Gasteiger partial charge < -0.3 is 18.9 Å². The Bertz CT molecular complexity index is 1160. The van der Waals surface area contributed by atoms with Crippen molar-refractivity contribution in [2.24, 2.45) is 0 Å². The fraction of sp³-hybridized carbons (Fsp3) is 0.120. The summed E-state index contributed by atoms with van der Waals surface area (Å²) in [4.78, 5) is 25.0. The van der Waals surface area contributed by atoms with Crippen molar-refractivity contribution < 1.29 is 28.5 Å². The number of hydrogen-bond donors (Lipinski definition) is 0. The number of benzene rings is 3. The molecule has 0 amide bonds. The van der Waals surface area contributed by atoms with Crippen LogP contribution in [0, 0.1) is 0 Å². The molecule has 1 aliphatic rings. The Morgan fingerprint density at radius 3 is 2.45 bits per heavy atom. The maximum atomic E-state index is 12.7. The third-order valence-electron chi connectivity index (χ3n) is 4.83. The van der Waals surface area contributed by atoms with Crippen LogP contribution in [-0.4, -0.2) is 32.4 Å². The van der Waals surface area contributed by atoms with E-state index in [1.54, 1.807) is 81.0 Å². The highest BCUT2D eigenvalue weighted by atomic mass is 16.5. The van der Waals surface area contributed by atoms with E-state index in [9.17, 15) is 9.59 Å². The minimum absolute atomic E-state index is 0.109. The highest BCUT2D eigenvalue weighted by Crippen LogP contribution is 2.36. The molecule has 0 aromatic heterocycles. The molecule has 1 heterocycles. The van der Waals surface area contributed by atoms with E-state index in [-0.39, 0.29) is 23.9 Å². The zero-order valence-electron chi connectivity index (χ0n) is 17.1. The second-order valence-corrected chi connectivity index (χ2v) is 6.78. The molecule has 0 unspecified atom stereocenters. The molecule has 1 aliphatic heterocycles. The van der Waals surface area contributed by atoms with Gasteiger partial charge in [0.1, 0.15) is 23.0 Å². The quantitative estimate of drug-likeness (QED) is 0.415. The Hall–Kier alpha value is -4.06. The standard InChI is InChI=1S/C25H20O6/c1-28-18-9-8-17(22(13-18)29-2)12-24-25(27)20-11-10-19(14-23(20)31-24)30-15-21(26)16-6-4-3-5-7-16/h3-14H,15H2,1-2H3/b24-12-. The van der Waals surface area contributed by atoms with Crippen LogP contribution in [0.2, 0.25) is 0 Å². The third-order valence-corrected chi connectivity index (χ3v) is 4.83. The van der Waals surface area contributed by atoms with Crippen molar-refractivity contribution in [3.05, 3.63) is 89.2 Å². The number of hydrogen-bond acceptors (Lipinski definition) is 6. The van der Waals surface area contributed by atoms with E-state index < -0.39 is 0 Å². The maximum Gasteiger partial charge on any atom is 0.231 e. The van der Waals surface area contributed by atoms with Crippen LogP contribution in [0.3, 0.4) is 0 Å². The lowest BCUT2D eigenvalue weighted by Crippen LogP contribution is -2.11. The number of Topliss-reactive ketones (excluding diaryl/α,β-unsaturated/α-hetero) is 2. The molecular formula is C25H20O6. The molecule has 0 fully saturated rings. The summed E-state index contributed by atoms with van der Waals surface area (Å²) in [6.07, 6.45) is 1.63. The summed E-state index contributed by atoms with van der Waals surface area (Å²) in [6, 6.07) is 19.1. The van der Waals surface area contributed by atoms with E-state index in [1.807, 2.05) is 6.07 Å². The molecule has 0 bridgehead atoms. The Balaban J connectivity index is 1.51. The zero-order chi connectivity index (χ0) is 21.8. The zero-order valence-corrected chi connectivity index (χ0v) is 17.1. The van der Waals surface area contributed by atoms with Crippen LogP contribution >= 0.6 is 0 Å². The van der Waals surface area contributed by atoms with Crippen LogP contribution in [0.25, 0.3) is 6.08 Å². The largest absolute Gasteiger partial charge is 0.497 e. The summed E-state index contributed by atoms with van der Waals surface area (Å²) in [6.45, 7) is -0.109. The number of allylic oxidation sites excluding steroid dienone is 1. The van der Waals surface area contributed by atoms with Crippen molar-refractivity contribution in [1.29, 1.82) is 0 Å². The predicted molar refractivity (Wildman–Crippen MR) is 115 cm³/mol. The number of fused-ring (bicyclic) bond motifs is 1. The second kappa shape index (κ2) is 8.75. The topological polar surface area (TPSA) is 71.1 Å². The van der Waals surface area contributed by atoms with Crippen molar-refractivity contribution in [2.45, 2.75) is 0 Å². The van der Waals surface area contributed by atoms with Gasteiger partial charge in [-0.15, -0.1) is 0 Å². The van der Waals surface area contributed by atoms with Crippen LogP contribution in [-0.2, 0) is 0 Å². The number of carbonyl (C=O) groups excluding carboxylic acids is 2. The lowest BCUT2D eigenvalue weighted by molar-refractivity contribution is 0.0921. The van der Waals surface area contributed by atoms with Gasteiger partial charge in [-0.1, -0.05) is 30.3 Å². The van der Waals surface area contributed by atoms with E-state index in [0.29, 0.717) is 39.7 Å². The van der Waals surface area contributed by atoms with E-state index in [4.69, 9.17) is 18.9 Å². The molecule has 3 aromatic rings. The smallest absolute Gasteiger partial charge is 0.231 e. The first-order chi connectivity index (χ1) is 15.1. The van der Waals surface area contributed by atoms with Gasteiger partial charge in [-0.3, -0.25) is 9.59 Å². The first kappa shape index (κ1) is 20.2. The maximum absolute atomic E-state index is 12.7. The number of rotatable bonds is 7. The van der Waals surface area contributed by atoms with E-state index in [2.05, 4.69) is 0 Å². The van der Waals surface area contributed by atoms with Crippen LogP contribution in [0.1, 0.15) is 26.3 Å².